The first-order valence-electron chi connectivity index (χ1n) is 16.3. The molecule has 0 saturated heterocycles. The predicted octanol–water partition coefficient (Wildman–Crippen LogP) is 5.06. The maximum Gasteiger partial charge on any atom is 0.352 e. The number of aliphatic hydroxyl groups excluding tert-OH is 2. The Hall–Kier alpha value is -2.68. The van der Waals surface area contributed by atoms with Gasteiger partial charge in [-0.1, -0.05) is 51.0 Å². The number of aromatic nitrogens is 3. The van der Waals surface area contributed by atoms with Crippen LogP contribution in [-0.4, -0.2) is 47.1 Å². The zero-order valence-corrected chi connectivity index (χ0v) is 26.4. The summed E-state index contributed by atoms with van der Waals surface area (Å²) in [6.07, 6.45) is 8.24. The topological polar surface area (TPSA) is 110 Å². The summed E-state index contributed by atoms with van der Waals surface area (Å²) in [7, 11) is 0. The summed E-state index contributed by atoms with van der Waals surface area (Å²) in [6, 6.07) is 8.38. The van der Waals surface area contributed by atoms with E-state index < -0.39 is 23.9 Å². The first-order valence-corrected chi connectivity index (χ1v) is 16.3. The van der Waals surface area contributed by atoms with Crippen LogP contribution in [0.15, 0.2) is 62.7 Å². The van der Waals surface area contributed by atoms with E-state index in [1.54, 1.807) is 21.5 Å². The lowest BCUT2D eigenvalue weighted by Gasteiger charge is -2.49. The Bertz CT molecular complexity index is 1540. The molecule has 3 N–H and O–H groups in total. The van der Waals surface area contributed by atoms with Gasteiger partial charge in [-0.2, -0.15) is 0 Å². The van der Waals surface area contributed by atoms with Crippen LogP contribution in [0.2, 0.25) is 0 Å². The van der Waals surface area contributed by atoms with Crippen LogP contribution in [-0.2, 0) is 0 Å². The van der Waals surface area contributed by atoms with Crippen LogP contribution in [0.5, 0.6) is 0 Å². The standard InChI is InChI=1S/C35H49N3O5/c1-21(10-9-16-34(3,4)43)27-13-14-28-26-20-30(25-18-24(39)19-31(40)22(25)2)38-33(42)36(23-11-7-6-8-12-23)32(41)37(38)29(26)15-17-35(27,28)5/h6-8,11-12,20-21,24,27-31,39-40,43H,9-10,13-19H2,1-5H3/t21-,24+,27-,28+,29+,30-,31-,35-/m1/s1. The number of fused-ring (bicyclic) bond motifs is 5. The summed E-state index contributed by atoms with van der Waals surface area (Å²) in [5, 5.41) is 31.8. The van der Waals surface area contributed by atoms with Gasteiger partial charge in [-0.05, 0) is 111 Å². The number of rotatable bonds is 7. The highest BCUT2D eigenvalue weighted by Gasteiger charge is 2.55. The molecule has 0 spiro atoms. The second kappa shape index (κ2) is 11.0. The number of aliphatic hydroxyl groups is 3. The molecule has 0 amide bonds. The van der Waals surface area contributed by atoms with Crippen molar-refractivity contribution in [3.05, 3.63) is 74.1 Å². The van der Waals surface area contributed by atoms with E-state index in [1.807, 2.05) is 39.0 Å². The molecular formula is C35H49N3O5. The van der Waals surface area contributed by atoms with Crippen molar-refractivity contribution in [1.29, 1.82) is 0 Å². The Morgan fingerprint density at radius 1 is 1.05 bits per heavy atom. The third kappa shape index (κ3) is 5.13. The molecular weight excluding hydrogens is 542 g/mol. The van der Waals surface area contributed by atoms with Gasteiger partial charge in [0.25, 0.3) is 0 Å². The second-order valence-corrected chi connectivity index (χ2v) is 14.8. The van der Waals surface area contributed by atoms with Gasteiger partial charge in [-0.15, -0.1) is 0 Å². The third-order valence-corrected chi connectivity index (χ3v) is 11.5. The van der Waals surface area contributed by atoms with Crippen LogP contribution < -0.4 is 11.4 Å². The minimum atomic E-state index is -0.779. The first-order chi connectivity index (χ1) is 20.3. The highest BCUT2D eigenvalue weighted by molar-refractivity contribution is 5.37. The molecule has 2 fully saturated rings. The summed E-state index contributed by atoms with van der Waals surface area (Å²) < 4.78 is 4.61. The Labute approximate surface area is 254 Å². The molecule has 8 atom stereocenters. The van der Waals surface area contributed by atoms with Crippen LogP contribution in [0.4, 0.5) is 0 Å². The predicted molar refractivity (Wildman–Crippen MR) is 167 cm³/mol. The molecule has 0 bridgehead atoms. The summed E-state index contributed by atoms with van der Waals surface area (Å²) in [6.45, 7) is 10.5. The van der Waals surface area contributed by atoms with E-state index in [9.17, 15) is 24.9 Å². The molecule has 6 rings (SSSR count). The molecule has 2 saturated carbocycles. The largest absolute Gasteiger partial charge is 0.393 e. The van der Waals surface area contributed by atoms with Crippen LogP contribution >= 0.6 is 0 Å². The normalized spacial score (nSPS) is 33.1. The quantitative estimate of drug-likeness (QED) is 0.390. The maximum absolute atomic E-state index is 14.2. The summed E-state index contributed by atoms with van der Waals surface area (Å²) in [5.41, 5.74) is 2.13. The van der Waals surface area contributed by atoms with E-state index in [1.165, 1.54) is 10.1 Å². The molecule has 2 heterocycles. The monoisotopic (exact) mass is 591 g/mol. The molecule has 8 heteroatoms. The Kier molecular flexibility index (Phi) is 7.79. The molecule has 4 aliphatic rings. The zero-order chi connectivity index (χ0) is 30.8. The highest BCUT2D eigenvalue weighted by atomic mass is 16.3. The molecule has 2 aromatic rings. The third-order valence-electron chi connectivity index (χ3n) is 11.5. The van der Waals surface area contributed by atoms with E-state index in [-0.39, 0.29) is 29.3 Å². The van der Waals surface area contributed by atoms with Gasteiger partial charge < -0.3 is 15.3 Å². The van der Waals surface area contributed by atoms with Gasteiger partial charge in [0, 0.05) is 6.42 Å². The molecule has 0 radical (unpaired) electrons. The SMILES string of the molecule is CC1=C([C@H]2C=C3[C@H](CC[C@]4(C)[C@@H]([C@H](C)CCCC(C)(C)O)CC[C@@H]34)n3c(=O)n(-c4ccccc4)c(=O)n32)C[C@H](O)C[C@H]1O. The van der Waals surface area contributed by atoms with Crippen LogP contribution in [0.3, 0.4) is 0 Å². The van der Waals surface area contributed by atoms with Crippen LogP contribution in [0.25, 0.3) is 5.69 Å². The van der Waals surface area contributed by atoms with Crippen molar-refractivity contribution in [2.45, 2.75) is 122 Å². The minimum absolute atomic E-state index is 0.0874. The van der Waals surface area contributed by atoms with Gasteiger partial charge in [0.2, 0.25) is 0 Å². The molecule has 234 valence electrons. The number of hydrogen-bond acceptors (Lipinski definition) is 5. The minimum Gasteiger partial charge on any atom is -0.393 e. The number of allylic oxidation sites excluding steroid dienone is 2. The Morgan fingerprint density at radius 3 is 2.44 bits per heavy atom. The fraction of sp³-hybridized carbons (Fsp3) is 0.657. The van der Waals surface area contributed by atoms with Gasteiger partial charge in [-0.25, -0.2) is 23.5 Å². The van der Waals surface area contributed by atoms with Crippen molar-refractivity contribution in [2.24, 2.45) is 23.2 Å². The van der Waals surface area contributed by atoms with Crippen LogP contribution in [0, 0.1) is 23.2 Å². The van der Waals surface area contributed by atoms with Gasteiger partial charge in [0.1, 0.15) is 0 Å². The van der Waals surface area contributed by atoms with Crippen molar-refractivity contribution < 1.29 is 15.3 Å². The van der Waals surface area contributed by atoms with Gasteiger partial charge in [0.05, 0.1) is 35.6 Å². The lowest BCUT2D eigenvalue weighted by molar-refractivity contribution is 0.0538. The Balaban J connectivity index is 1.44. The lowest BCUT2D eigenvalue weighted by atomic mass is 9.59. The van der Waals surface area contributed by atoms with Crippen LogP contribution in [0.1, 0.15) is 104 Å². The van der Waals surface area contributed by atoms with Crippen molar-refractivity contribution in [3.8, 4) is 5.69 Å². The highest BCUT2D eigenvalue weighted by Crippen LogP contribution is 2.62. The molecule has 8 nitrogen and oxygen atoms in total. The number of para-hydroxylation sites is 1. The van der Waals surface area contributed by atoms with E-state index in [2.05, 4.69) is 19.9 Å². The zero-order valence-electron chi connectivity index (χ0n) is 26.4. The number of nitrogens with zero attached hydrogens (tertiary/aromatic N) is 3. The number of benzene rings is 1. The summed E-state index contributed by atoms with van der Waals surface area (Å²) in [4.78, 5) is 28.4. The Morgan fingerprint density at radius 2 is 1.74 bits per heavy atom. The average Bonchev–Trinajstić information content (AvgIpc) is 3.43. The lowest BCUT2D eigenvalue weighted by Crippen LogP contribution is -2.46. The fourth-order valence-corrected chi connectivity index (χ4v) is 9.31. The van der Waals surface area contributed by atoms with E-state index >= 15 is 0 Å². The maximum atomic E-state index is 14.2. The molecule has 0 unspecified atom stereocenters. The molecule has 43 heavy (non-hydrogen) atoms. The van der Waals surface area contributed by atoms with Crippen molar-refractivity contribution in [1.82, 2.24) is 13.9 Å². The molecule has 1 aliphatic heterocycles. The van der Waals surface area contributed by atoms with Gasteiger partial charge >= 0.3 is 11.4 Å². The van der Waals surface area contributed by atoms with Gasteiger partial charge in [0.15, 0.2) is 0 Å². The van der Waals surface area contributed by atoms with E-state index in [0.29, 0.717) is 29.9 Å². The fourth-order valence-electron chi connectivity index (χ4n) is 9.31. The molecule has 1 aromatic carbocycles. The number of hydrogen-bond donors (Lipinski definition) is 3. The van der Waals surface area contributed by atoms with E-state index in [0.717, 1.165) is 56.1 Å². The van der Waals surface area contributed by atoms with Gasteiger partial charge in [-0.3, -0.25) is 0 Å². The van der Waals surface area contributed by atoms with Crippen molar-refractivity contribution >= 4 is 0 Å². The summed E-state index contributed by atoms with van der Waals surface area (Å²) in [5.74, 6) is 1.38. The smallest absolute Gasteiger partial charge is 0.352 e. The van der Waals surface area contributed by atoms with E-state index in [4.69, 9.17) is 0 Å². The molecule has 1 aromatic heterocycles. The summed E-state index contributed by atoms with van der Waals surface area (Å²) >= 11 is 0. The first kappa shape index (κ1) is 30.4. The average molecular weight is 592 g/mol. The second-order valence-electron chi connectivity index (χ2n) is 14.8. The molecule has 3 aliphatic carbocycles. The van der Waals surface area contributed by atoms with Crippen molar-refractivity contribution in [2.75, 3.05) is 0 Å². The van der Waals surface area contributed by atoms with Crippen molar-refractivity contribution in [3.63, 3.8) is 0 Å².